The highest BCUT2D eigenvalue weighted by Gasteiger charge is 2.34. The molecular formula is C30H34N2O6S. The minimum Gasteiger partial charge on any atom is -0.496 e. The minimum atomic E-state index is -0.745. The molecule has 3 aromatic rings. The van der Waals surface area contributed by atoms with Gasteiger partial charge in [-0.05, 0) is 79.3 Å². The first-order valence-electron chi connectivity index (χ1n) is 12.7. The molecule has 39 heavy (non-hydrogen) atoms. The van der Waals surface area contributed by atoms with Gasteiger partial charge in [-0.15, -0.1) is 0 Å². The lowest BCUT2D eigenvalue weighted by Gasteiger charge is -2.25. The molecule has 1 atom stereocenters. The fourth-order valence-electron chi connectivity index (χ4n) is 4.77. The number of benzene rings is 2. The van der Waals surface area contributed by atoms with E-state index in [1.165, 1.54) is 11.3 Å². The van der Waals surface area contributed by atoms with E-state index in [2.05, 4.69) is 24.9 Å². The Morgan fingerprint density at radius 2 is 1.74 bits per heavy atom. The third kappa shape index (κ3) is 5.23. The van der Waals surface area contributed by atoms with Crippen molar-refractivity contribution in [3.05, 3.63) is 83.5 Å². The summed E-state index contributed by atoms with van der Waals surface area (Å²) in [6.45, 7) is 9.91. The van der Waals surface area contributed by atoms with Crippen molar-refractivity contribution in [2.24, 2.45) is 4.99 Å². The molecule has 4 rings (SSSR count). The van der Waals surface area contributed by atoms with E-state index in [9.17, 15) is 9.59 Å². The van der Waals surface area contributed by atoms with Crippen molar-refractivity contribution < 1.29 is 23.7 Å². The van der Waals surface area contributed by atoms with Crippen LogP contribution in [-0.4, -0.2) is 38.5 Å². The van der Waals surface area contributed by atoms with E-state index >= 15 is 0 Å². The minimum absolute atomic E-state index is 0.202. The lowest BCUT2D eigenvalue weighted by Crippen LogP contribution is -2.40. The number of aromatic nitrogens is 1. The van der Waals surface area contributed by atoms with Gasteiger partial charge >= 0.3 is 5.97 Å². The zero-order valence-corrected chi connectivity index (χ0v) is 24.4. The molecule has 9 heteroatoms. The predicted octanol–water partition coefficient (Wildman–Crippen LogP) is 4.26. The van der Waals surface area contributed by atoms with Gasteiger partial charge in [0.15, 0.2) is 16.3 Å². The van der Waals surface area contributed by atoms with Gasteiger partial charge in [0.1, 0.15) is 5.75 Å². The number of hydrogen-bond acceptors (Lipinski definition) is 8. The zero-order chi connectivity index (χ0) is 28.4. The molecule has 0 spiro atoms. The van der Waals surface area contributed by atoms with E-state index < -0.39 is 12.0 Å². The largest absolute Gasteiger partial charge is 0.496 e. The highest BCUT2D eigenvalue weighted by molar-refractivity contribution is 7.07. The molecule has 0 N–H and O–H groups in total. The molecule has 1 aliphatic rings. The van der Waals surface area contributed by atoms with E-state index in [0.717, 1.165) is 22.4 Å². The van der Waals surface area contributed by atoms with Crippen LogP contribution >= 0.6 is 11.3 Å². The molecule has 0 bridgehead atoms. The SMILES string of the molecule is CCOC(=O)C1=C(C)N=c2s/c(=C/c3cc(C(C)C)c(OC)cc3C)c(=O)n2[C@H]1c1ccc(OC)c(OC)c1. The Labute approximate surface area is 231 Å². The number of thiazole rings is 1. The van der Waals surface area contributed by atoms with Crippen molar-refractivity contribution in [2.45, 2.75) is 46.6 Å². The van der Waals surface area contributed by atoms with Crippen LogP contribution in [0.3, 0.4) is 0 Å². The Morgan fingerprint density at radius 1 is 1.05 bits per heavy atom. The molecule has 0 aliphatic carbocycles. The third-order valence-electron chi connectivity index (χ3n) is 6.77. The van der Waals surface area contributed by atoms with Crippen LogP contribution in [0.2, 0.25) is 0 Å². The number of ether oxygens (including phenoxy) is 4. The number of esters is 1. The Kier molecular flexibility index (Phi) is 8.30. The number of allylic oxidation sites excluding steroid dienone is 1. The fourth-order valence-corrected chi connectivity index (χ4v) is 5.81. The Morgan fingerprint density at radius 3 is 2.36 bits per heavy atom. The average molecular weight is 551 g/mol. The fraction of sp³-hybridized carbons (Fsp3) is 0.367. The van der Waals surface area contributed by atoms with Crippen molar-refractivity contribution >= 4 is 23.4 Å². The van der Waals surface area contributed by atoms with E-state index in [1.807, 2.05) is 25.1 Å². The third-order valence-corrected chi connectivity index (χ3v) is 7.75. The van der Waals surface area contributed by atoms with Gasteiger partial charge in [-0.25, -0.2) is 9.79 Å². The number of carbonyl (C=O) groups excluding carboxylic acids is 1. The summed E-state index contributed by atoms with van der Waals surface area (Å²) < 4.78 is 24.0. The molecule has 0 amide bonds. The molecule has 0 saturated carbocycles. The Hall–Kier alpha value is -3.85. The van der Waals surface area contributed by atoms with Gasteiger partial charge in [0.25, 0.3) is 5.56 Å². The van der Waals surface area contributed by atoms with E-state index in [-0.39, 0.29) is 18.1 Å². The van der Waals surface area contributed by atoms with Crippen LogP contribution in [-0.2, 0) is 9.53 Å². The number of nitrogens with zero attached hydrogens (tertiary/aromatic N) is 2. The van der Waals surface area contributed by atoms with Crippen LogP contribution in [0.4, 0.5) is 0 Å². The molecule has 206 valence electrons. The maximum atomic E-state index is 14.0. The summed E-state index contributed by atoms with van der Waals surface area (Å²) >= 11 is 1.29. The second-order valence-corrected chi connectivity index (χ2v) is 10.5. The molecule has 1 aromatic heterocycles. The molecule has 8 nitrogen and oxygen atoms in total. The molecular weight excluding hydrogens is 516 g/mol. The molecule has 0 saturated heterocycles. The van der Waals surface area contributed by atoms with Crippen molar-refractivity contribution in [3.8, 4) is 17.2 Å². The molecule has 2 aromatic carbocycles. The first-order valence-corrected chi connectivity index (χ1v) is 13.6. The summed E-state index contributed by atoms with van der Waals surface area (Å²) in [5, 5.41) is 0. The second-order valence-electron chi connectivity index (χ2n) is 9.52. The number of methoxy groups -OCH3 is 3. The number of rotatable bonds is 8. The van der Waals surface area contributed by atoms with Gasteiger partial charge in [0.05, 0.1) is 49.8 Å². The lowest BCUT2D eigenvalue weighted by atomic mass is 9.95. The molecule has 0 fully saturated rings. The highest BCUT2D eigenvalue weighted by Crippen LogP contribution is 2.36. The van der Waals surface area contributed by atoms with Gasteiger partial charge in [-0.2, -0.15) is 0 Å². The monoisotopic (exact) mass is 550 g/mol. The van der Waals surface area contributed by atoms with Gasteiger partial charge < -0.3 is 18.9 Å². The smallest absolute Gasteiger partial charge is 0.338 e. The number of fused-ring (bicyclic) bond motifs is 1. The Bertz CT molecular complexity index is 1630. The molecule has 2 heterocycles. The maximum Gasteiger partial charge on any atom is 0.338 e. The first kappa shape index (κ1) is 28.2. The first-order chi connectivity index (χ1) is 18.6. The molecule has 0 unspecified atom stereocenters. The number of hydrogen-bond donors (Lipinski definition) is 0. The average Bonchev–Trinajstić information content (AvgIpc) is 3.22. The highest BCUT2D eigenvalue weighted by atomic mass is 32.1. The summed E-state index contributed by atoms with van der Waals surface area (Å²) in [5.74, 6) is 1.59. The van der Waals surface area contributed by atoms with Gasteiger partial charge in [0, 0.05) is 0 Å². The second kappa shape index (κ2) is 11.5. The quantitative estimate of drug-likeness (QED) is 0.390. The van der Waals surface area contributed by atoms with Crippen LogP contribution in [0.15, 0.2) is 51.4 Å². The normalized spacial score (nSPS) is 15.2. The summed E-state index contributed by atoms with van der Waals surface area (Å²) in [7, 11) is 4.76. The maximum absolute atomic E-state index is 14.0. The molecule has 0 radical (unpaired) electrons. The predicted molar refractivity (Wildman–Crippen MR) is 152 cm³/mol. The van der Waals surface area contributed by atoms with Crippen LogP contribution in [0.1, 0.15) is 61.9 Å². The summed E-state index contributed by atoms with van der Waals surface area (Å²) in [6, 6.07) is 8.68. The standard InChI is InChI=1S/C30H34N2O6S/c1-9-38-29(34)26-18(5)31-30-32(27(26)19-10-11-22(35-6)24(14-19)37-8)28(33)25(39-30)15-20-13-21(16(2)3)23(36-7)12-17(20)4/h10-16,27H,9H2,1-8H3/b25-15+/t27-/m0/s1. The van der Waals surface area contributed by atoms with Crippen molar-refractivity contribution in [1.29, 1.82) is 0 Å². The van der Waals surface area contributed by atoms with Gasteiger partial charge in [-0.3, -0.25) is 9.36 Å². The number of carbonyl (C=O) groups is 1. The lowest BCUT2D eigenvalue weighted by molar-refractivity contribution is -0.139. The van der Waals surface area contributed by atoms with E-state index in [0.29, 0.717) is 37.7 Å². The topological polar surface area (TPSA) is 88.4 Å². The van der Waals surface area contributed by atoms with Crippen LogP contribution < -0.4 is 29.1 Å². The Balaban J connectivity index is 1.98. The van der Waals surface area contributed by atoms with Gasteiger partial charge in [-0.1, -0.05) is 31.3 Å². The van der Waals surface area contributed by atoms with E-state index in [1.54, 1.807) is 51.9 Å². The summed E-state index contributed by atoms with van der Waals surface area (Å²) in [5.41, 5.74) is 4.23. The van der Waals surface area contributed by atoms with Crippen LogP contribution in [0.5, 0.6) is 17.2 Å². The molecule has 1 aliphatic heterocycles. The van der Waals surface area contributed by atoms with Gasteiger partial charge in [0.2, 0.25) is 0 Å². The summed E-state index contributed by atoms with van der Waals surface area (Å²) in [6.07, 6.45) is 1.89. The zero-order valence-electron chi connectivity index (χ0n) is 23.6. The van der Waals surface area contributed by atoms with Crippen molar-refractivity contribution in [3.63, 3.8) is 0 Å². The van der Waals surface area contributed by atoms with Crippen molar-refractivity contribution in [2.75, 3.05) is 27.9 Å². The number of aryl methyl sites for hydroxylation is 1. The van der Waals surface area contributed by atoms with E-state index in [4.69, 9.17) is 18.9 Å². The summed E-state index contributed by atoms with van der Waals surface area (Å²) in [4.78, 5) is 32.3. The van der Waals surface area contributed by atoms with Crippen LogP contribution in [0, 0.1) is 6.92 Å². The van der Waals surface area contributed by atoms with Crippen LogP contribution in [0.25, 0.3) is 6.08 Å². The van der Waals surface area contributed by atoms with Crippen molar-refractivity contribution in [1.82, 2.24) is 4.57 Å².